The summed E-state index contributed by atoms with van der Waals surface area (Å²) >= 11 is 1.67. The molecule has 53 heavy (non-hydrogen) atoms. The lowest BCUT2D eigenvalue weighted by atomic mass is 9.68. The number of hydrogen-bond acceptors (Lipinski definition) is 8. The number of aryl methyl sites for hydroxylation is 2. The number of nitrogens with zero attached hydrogens (tertiary/aromatic N) is 6. The van der Waals surface area contributed by atoms with Crippen LogP contribution in [0.2, 0.25) is 0 Å². The van der Waals surface area contributed by atoms with E-state index in [4.69, 9.17) is 4.74 Å². The first-order valence-corrected chi connectivity index (χ1v) is 19.2. The highest BCUT2D eigenvalue weighted by molar-refractivity contribution is 7.15. The average molecular weight is 726 g/mol. The second-order valence-corrected chi connectivity index (χ2v) is 15.5. The Morgan fingerprint density at radius 2 is 1.87 bits per heavy atom. The highest BCUT2D eigenvalue weighted by Gasteiger charge is 2.41. The van der Waals surface area contributed by atoms with Crippen LogP contribution in [0.1, 0.15) is 105 Å². The fourth-order valence-electron chi connectivity index (χ4n) is 8.36. The van der Waals surface area contributed by atoms with E-state index < -0.39 is 6.04 Å². The second-order valence-electron chi connectivity index (χ2n) is 14.5. The summed E-state index contributed by atoms with van der Waals surface area (Å²) in [5, 5.41) is 12.1. The van der Waals surface area contributed by atoms with Gasteiger partial charge in [0.15, 0.2) is 5.82 Å². The molecule has 12 heteroatoms. The molecule has 1 atom stereocenters. The average Bonchev–Trinajstić information content (AvgIpc) is 3.89. The van der Waals surface area contributed by atoms with Crippen molar-refractivity contribution in [3.63, 3.8) is 0 Å². The summed E-state index contributed by atoms with van der Waals surface area (Å²) < 4.78 is 10.3. The maximum Gasteiger partial charge on any atom is 0.255 e. The smallest absolute Gasteiger partial charge is 0.255 e. The van der Waals surface area contributed by atoms with Crippen LogP contribution in [-0.2, 0) is 47.1 Å². The minimum Gasteiger partial charge on any atom is -0.369 e. The number of carbonyl (C=O) groups excluding carboxylic acids is 3. The molecule has 1 N–H and O–H groups in total. The maximum atomic E-state index is 13.3. The van der Waals surface area contributed by atoms with E-state index in [-0.39, 0.29) is 24.1 Å². The molecule has 0 radical (unpaired) electrons. The fraction of sp³-hybridized carbons (Fsp3) is 0.366. The summed E-state index contributed by atoms with van der Waals surface area (Å²) in [6.07, 6.45) is 9.69. The van der Waals surface area contributed by atoms with Crippen LogP contribution in [0.3, 0.4) is 0 Å². The van der Waals surface area contributed by atoms with Gasteiger partial charge in [-0.2, -0.15) is 0 Å². The third-order valence-corrected chi connectivity index (χ3v) is 12.3. The van der Waals surface area contributed by atoms with Gasteiger partial charge in [0.05, 0.1) is 17.8 Å². The van der Waals surface area contributed by atoms with Gasteiger partial charge in [-0.3, -0.25) is 24.3 Å². The van der Waals surface area contributed by atoms with E-state index in [0.29, 0.717) is 43.6 Å². The van der Waals surface area contributed by atoms with E-state index >= 15 is 0 Å². The molecule has 1 saturated carbocycles. The molecule has 11 nitrogen and oxygen atoms in total. The van der Waals surface area contributed by atoms with Crippen molar-refractivity contribution in [2.24, 2.45) is 5.92 Å². The van der Waals surface area contributed by atoms with Crippen LogP contribution in [0.15, 0.2) is 61.1 Å². The lowest BCUT2D eigenvalue weighted by Crippen LogP contribution is -2.52. The zero-order valence-corrected chi connectivity index (χ0v) is 30.3. The third kappa shape index (κ3) is 6.38. The number of nitrogens with one attached hydrogen (secondary N) is 1. The van der Waals surface area contributed by atoms with Crippen LogP contribution in [0, 0.1) is 24.7 Å². The number of imide groups is 1. The SMILES string of the molecule is Cc1nnc2n1-c1sc(C#Cc3cn(CCCC4CC(c5cccc6c5CN(C5CCC(=O)NC5=O)C6=O)C4)cn3)c(Cc3ccccc3)c1COC2. The molecule has 2 fully saturated rings. The molecule has 1 saturated heterocycles. The Bertz CT molecular complexity index is 2310. The number of benzene rings is 2. The van der Waals surface area contributed by atoms with Crippen molar-refractivity contribution in [1.29, 1.82) is 0 Å². The Balaban J connectivity index is 0.830. The second kappa shape index (κ2) is 13.9. The number of thiophene rings is 1. The molecule has 3 amide bonds. The van der Waals surface area contributed by atoms with Crippen molar-refractivity contribution in [3.8, 4) is 16.8 Å². The fourth-order valence-corrected chi connectivity index (χ4v) is 9.61. The van der Waals surface area contributed by atoms with E-state index in [2.05, 4.69) is 71.8 Å². The van der Waals surface area contributed by atoms with E-state index in [1.54, 1.807) is 16.2 Å². The van der Waals surface area contributed by atoms with Gasteiger partial charge in [-0.1, -0.05) is 42.5 Å². The molecule has 3 aromatic heterocycles. The van der Waals surface area contributed by atoms with E-state index in [9.17, 15) is 14.4 Å². The maximum absolute atomic E-state index is 13.3. The Labute approximate surface area is 311 Å². The number of imidazole rings is 1. The monoisotopic (exact) mass is 725 g/mol. The van der Waals surface area contributed by atoms with Crippen molar-refractivity contribution >= 4 is 29.1 Å². The van der Waals surface area contributed by atoms with Gasteiger partial charge in [-0.15, -0.1) is 21.5 Å². The van der Waals surface area contributed by atoms with Crippen LogP contribution >= 0.6 is 11.3 Å². The number of aromatic nitrogens is 5. The third-order valence-electron chi connectivity index (χ3n) is 11.2. The standard InChI is InChI=1S/C41H39N7O4S/c1-25-44-45-37-23-52-22-34-32(19-26-7-3-2-4-8-26)36(53-41(34)48(25)37)14-12-29-20-46(24-42-29)16-6-9-27-17-28(18-27)30-10-5-11-31-33(30)21-47(40(31)51)35-13-15-38(49)43-39(35)50/h2-5,7-8,10-11,20,24,27-28,35H,6,9,13,15-19,21-23H2,1H3,(H,43,49,50). The Morgan fingerprint density at radius 1 is 1.00 bits per heavy atom. The van der Waals surface area contributed by atoms with Crippen molar-refractivity contribution in [2.75, 3.05) is 0 Å². The zero-order chi connectivity index (χ0) is 36.1. The van der Waals surface area contributed by atoms with Crippen molar-refractivity contribution in [1.82, 2.24) is 34.5 Å². The predicted molar refractivity (Wildman–Crippen MR) is 197 cm³/mol. The number of rotatable bonds is 8. The van der Waals surface area contributed by atoms with Gasteiger partial charge in [-0.05, 0) is 97.4 Å². The van der Waals surface area contributed by atoms with Crippen LogP contribution in [0.4, 0.5) is 0 Å². The van der Waals surface area contributed by atoms with Crippen LogP contribution in [0.5, 0.6) is 0 Å². The van der Waals surface area contributed by atoms with Crippen molar-refractivity contribution in [2.45, 2.75) is 90.1 Å². The minimum atomic E-state index is -0.587. The van der Waals surface area contributed by atoms with Gasteiger partial charge in [0.25, 0.3) is 5.91 Å². The Hall–Kier alpha value is -5.38. The van der Waals surface area contributed by atoms with Crippen LogP contribution < -0.4 is 5.32 Å². The molecule has 4 aliphatic rings. The number of hydrogen-bond donors (Lipinski definition) is 1. The molecule has 6 heterocycles. The molecule has 3 aliphatic heterocycles. The number of amides is 3. The minimum absolute atomic E-state index is 0.107. The zero-order valence-electron chi connectivity index (χ0n) is 29.5. The topological polar surface area (TPSA) is 124 Å². The number of piperidine rings is 1. The largest absolute Gasteiger partial charge is 0.369 e. The van der Waals surface area contributed by atoms with Gasteiger partial charge >= 0.3 is 0 Å². The first-order chi connectivity index (χ1) is 25.9. The highest BCUT2D eigenvalue weighted by atomic mass is 32.1. The molecule has 268 valence electrons. The molecular formula is C41H39N7O4S. The summed E-state index contributed by atoms with van der Waals surface area (Å²) in [4.78, 5) is 44.7. The first-order valence-electron chi connectivity index (χ1n) is 18.4. The van der Waals surface area contributed by atoms with Gasteiger partial charge in [0.2, 0.25) is 11.8 Å². The van der Waals surface area contributed by atoms with Gasteiger partial charge in [0.1, 0.15) is 29.2 Å². The quantitative estimate of drug-likeness (QED) is 0.164. The van der Waals surface area contributed by atoms with Gasteiger partial charge < -0.3 is 14.2 Å². The summed E-state index contributed by atoms with van der Waals surface area (Å²) in [5.41, 5.74) is 7.29. The summed E-state index contributed by atoms with van der Waals surface area (Å²) in [7, 11) is 0. The lowest BCUT2D eigenvalue weighted by molar-refractivity contribution is -0.136. The molecule has 1 unspecified atom stereocenters. The summed E-state index contributed by atoms with van der Waals surface area (Å²) in [6.45, 7) is 4.22. The summed E-state index contributed by atoms with van der Waals surface area (Å²) in [5.74, 6) is 8.78. The normalized spacial score (nSPS) is 20.5. The molecule has 1 aliphatic carbocycles. The highest BCUT2D eigenvalue weighted by Crippen LogP contribution is 2.47. The van der Waals surface area contributed by atoms with Gasteiger partial charge in [-0.25, -0.2) is 4.98 Å². The Morgan fingerprint density at radius 3 is 2.72 bits per heavy atom. The molecule has 5 aromatic rings. The van der Waals surface area contributed by atoms with E-state index in [1.165, 1.54) is 16.7 Å². The van der Waals surface area contributed by atoms with E-state index in [1.807, 2.05) is 37.6 Å². The van der Waals surface area contributed by atoms with Crippen molar-refractivity contribution < 1.29 is 19.1 Å². The number of fused-ring (bicyclic) bond motifs is 4. The molecule has 0 bridgehead atoms. The number of ether oxygens (including phenoxy) is 1. The lowest BCUT2D eigenvalue weighted by Gasteiger charge is -2.37. The molecule has 2 aromatic carbocycles. The Kier molecular flexibility index (Phi) is 8.76. The van der Waals surface area contributed by atoms with Crippen molar-refractivity contribution in [3.05, 3.63) is 117 Å². The van der Waals surface area contributed by atoms with Gasteiger partial charge in [0, 0.05) is 36.8 Å². The summed E-state index contributed by atoms with van der Waals surface area (Å²) in [6, 6.07) is 15.9. The molecule has 0 spiro atoms. The first kappa shape index (κ1) is 33.5. The molecular weight excluding hydrogens is 687 g/mol. The molecule has 9 rings (SSSR count). The van der Waals surface area contributed by atoms with Crippen LogP contribution in [-0.4, -0.2) is 53.0 Å². The predicted octanol–water partition coefficient (Wildman–Crippen LogP) is 5.59. The number of carbonyl (C=O) groups is 3. The van der Waals surface area contributed by atoms with E-state index in [0.717, 1.165) is 77.0 Å². The van der Waals surface area contributed by atoms with Crippen LogP contribution in [0.25, 0.3) is 5.00 Å².